The zero-order chi connectivity index (χ0) is 20.8. The van der Waals surface area contributed by atoms with Gasteiger partial charge in [0.25, 0.3) is 11.5 Å². The number of hydrogen-bond acceptors (Lipinski definition) is 5. The number of carbonyl (C=O) groups is 2. The molecule has 3 rings (SSSR count). The number of anilines is 1. The number of ketones is 1. The number of H-pyrrole nitrogens is 1. The number of nitrogens with one attached hydrogen (secondary N) is 3. The number of carbonyl (C=O) groups excluding carboxylic acids is 2. The average molecular weight is 386 g/mol. The minimum Gasteiger partial charge on any atom is -0.405 e. The summed E-state index contributed by atoms with van der Waals surface area (Å²) in [4.78, 5) is 39.4. The molecule has 0 radical (unpaired) electrons. The highest BCUT2D eigenvalue weighted by Crippen LogP contribution is 2.13. The second kappa shape index (κ2) is 8.62. The molecule has 0 unspecified atom stereocenters. The number of benzene rings is 2. The van der Waals surface area contributed by atoms with Gasteiger partial charge in [-0.05, 0) is 30.5 Å². The Hall–Kier alpha value is -4.26. The first-order chi connectivity index (χ1) is 14.0. The van der Waals surface area contributed by atoms with Crippen LogP contribution in [0.1, 0.15) is 31.8 Å². The Morgan fingerprint density at radius 3 is 2.21 bits per heavy atom. The predicted molar refractivity (Wildman–Crippen MR) is 111 cm³/mol. The minimum atomic E-state index is -0.507. The van der Waals surface area contributed by atoms with Crippen molar-refractivity contribution in [3.8, 4) is 0 Å². The molecule has 0 aliphatic carbocycles. The lowest BCUT2D eigenvalue weighted by atomic mass is 10.0. The Labute approximate surface area is 166 Å². The van der Waals surface area contributed by atoms with Crippen molar-refractivity contribution in [3.63, 3.8) is 0 Å². The van der Waals surface area contributed by atoms with Crippen LogP contribution in [0.3, 0.4) is 0 Å². The highest BCUT2D eigenvalue weighted by atomic mass is 16.2. The monoisotopic (exact) mass is 386 g/mol. The van der Waals surface area contributed by atoms with Crippen LogP contribution in [-0.4, -0.2) is 22.4 Å². The van der Waals surface area contributed by atoms with Gasteiger partial charge in [0.1, 0.15) is 5.69 Å². The second-order valence-electron chi connectivity index (χ2n) is 6.13. The molecule has 1 amide bonds. The van der Waals surface area contributed by atoms with E-state index in [-0.39, 0.29) is 22.7 Å². The maximum absolute atomic E-state index is 12.5. The van der Waals surface area contributed by atoms with Gasteiger partial charge in [-0.2, -0.15) is 0 Å². The van der Waals surface area contributed by atoms with Gasteiger partial charge in [-0.25, -0.2) is 0 Å². The molecule has 1 heterocycles. The number of aromatic amines is 1. The molecule has 29 heavy (non-hydrogen) atoms. The third kappa shape index (κ3) is 4.54. The maximum atomic E-state index is 12.5. The van der Waals surface area contributed by atoms with Crippen molar-refractivity contribution in [2.75, 3.05) is 5.32 Å². The molecule has 0 bridgehead atoms. The molecule has 1 aromatic heterocycles. The second-order valence-corrected chi connectivity index (χ2v) is 6.13. The van der Waals surface area contributed by atoms with Gasteiger partial charge in [-0.3, -0.25) is 14.4 Å². The number of pyridine rings is 1. The molecule has 0 aliphatic rings. The fourth-order valence-corrected chi connectivity index (χ4v) is 2.65. The van der Waals surface area contributed by atoms with Gasteiger partial charge in [0, 0.05) is 28.5 Å². The van der Waals surface area contributed by atoms with E-state index in [0.717, 1.165) is 0 Å². The third-order valence-corrected chi connectivity index (χ3v) is 4.17. The van der Waals surface area contributed by atoms with Crippen molar-refractivity contribution < 1.29 is 9.59 Å². The van der Waals surface area contributed by atoms with Gasteiger partial charge in [-0.15, -0.1) is 0 Å². The van der Waals surface area contributed by atoms with Crippen molar-refractivity contribution in [1.29, 1.82) is 5.41 Å². The first kappa shape index (κ1) is 19.5. The van der Waals surface area contributed by atoms with Crippen LogP contribution in [0.15, 0.2) is 83.9 Å². The number of aromatic nitrogens is 1. The largest absolute Gasteiger partial charge is 0.405 e. The third-order valence-electron chi connectivity index (χ3n) is 4.17. The Kier molecular flexibility index (Phi) is 5.80. The fourth-order valence-electron chi connectivity index (χ4n) is 2.65. The summed E-state index contributed by atoms with van der Waals surface area (Å²) in [6.45, 7) is 0. The van der Waals surface area contributed by atoms with Crippen molar-refractivity contribution in [3.05, 3.63) is 112 Å². The molecule has 3 aromatic rings. The molecule has 0 saturated heterocycles. The lowest BCUT2D eigenvalue weighted by Gasteiger charge is -2.07. The zero-order valence-corrected chi connectivity index (χ0v) is 15.3. The molecule has 0 aliphatic heterocycles. The molecule has 2 aromatic carbocycles. The number of hydrogen-bond donors (Lipinski definition) is 4. The predicted octanol–water partition coefficient (Wildman–Crippen LogP) is 2.70. The summed E-state index contributed by atoms with van der Waals surface area (Å²) in [5.41, 5.74) is 6.56. The van der Waals surface area contributed by atoms with Gasteiger partial charge in [0.05, 0.1) is 5.71 Å². The molecular weight excluding hydrogens is 368 g/mol. The maximum Gasteiger partial charge on any atom is 0.271 e. The highest BCUT2D eigenvalue weighted by Gasteiger charge is 2.13. The molecule has 7 nitrogen and oxygen atoms in total. The number of nitrogens with two attached hydrogens (primary N) is 1. The van der Waals surface area contributed by atoms with Crippen LogP contribution >= 0.6 is 0 Å². The number of amides is 1. The number of allylic oxidation sites excluding steroid dienone is 1. The van der Waals surface area contributed by atoms with E-state index in [1.165, 1.54) is 36.7 Å². The van der Waals surface area contributed by atoms with Crippen LogP contribution in [0, 0.1) is 5.41 Å². The summed E-state index contributed by atoms with van der Waals surface area (Å²) in [7, 11) is 0. The fraction of sp³-hybridized carbons (Fsp3) is 0. The van der Waals surface area contributed by atoms with Crippen molar-refractivity contribution in [2.24, 2.45) is 5.73 Å². The smallest absolute Gasteiger partial charge is 0.271 e. The van der Waals surface area contributed by atoms with E-state index in [4.69, 9.17) is 11.1 Å². The first-order valence-corrected chi connectivity index (χ1v) is 8.70. The van der Waals surface area contributed by atoms with E-state index in [0.29, 0.717) is 16.7 Å². The summed E-state index contributed by atoms with van der Waals surface area (Å²) >= 11 is 0. The van der Waals surface area contributed by atoms with Crippen LogP contribution in [-0.2, 0) is 0 Å². The molecule has 7 heteroatoms. The van der Waals surface area contributed by atoms with Crippen LogP contribution in [0.5, 0.6) is 0 Å². The Balaban J connectivity index is 1.78. The topological polar surface area (TPSA) is 129 Å². The minimum absolute atomic E-state index is 0.00658. The van der Waals surface area contributed by atoms with E-state index >= 15 is 0 Å². The van der Waals surface area contributed by atoms with Gasteiger partial charge in [0.2, 0.25) is 0 Å². The van der Waals surface area contributed by atoms with E-state index < -0.39 is 11.5 Å². The van der Waals surface area contributed by atoms with E-state index in [9.17, 15) is 14.4 Å². The van der Waals surface area contributed by atoms with Crippen LogP contribution in [0.25, 0.3) is 0 Å². The quantitative estimate of drug-likeness (QED) is 0.383. The van der Waals surface area contributed by atoms with Crippen molar-refractivity contribution >= 4 is 23.1 Å². The average Bonchev–Trinajstić information content (AvgIpc) is 2.75. The molecule has 0 spiro atoms. The van der Waals surface area contributed by atoms with E-state index in [1.54, 1.807) is 36.4 Å². The van der Waals surface area contributed by atoms with Crippen LogP contribution in [0.2, 0.25) is 0 Å². The Morgan fingerprint density at radius 1 is 0.931 bits per heavy atom. The highest BCUT2D eigenvalue weighted by molar-refractivity contribution is 6.10. The normalized spacial score (nSPS) is 10.6. The van der Waals surface area contributed by atoms with Crippen LogP contribution in [0.4, 0.5) is 5.69 Å². The van der Waals surface area contributed by atoms with Gasteiger partial charge in [-0.1, -0.05) is 42.5 Å². The zero-order valence-electron chi connectivity index (χ0n) is 15.3. The molecule has 0 saturated carbocycles. The van der Waals surface area contributed by atoms with Crippen molar-refractivity contribution in [1.82, 2.24) is 4.98 Å². The lowest BCUT2D eigenvalue weighted by molar-refractivity contribution is 0.102. The number of rotatable bonds is 6. The SMILES string of the molecule is N=C(/C=C\N)c1c[nH]c(=O)c(NC(=O)c2ccc(C(=O)c3ccccc3)cc2)c1. The summed E-state index contributed by atoms with van der Waals surface area (Å²) < 4.78 is 0. The Morgan fingerprint density at radius 2 is 1.55 bits per heavy atom. The molecule has 144 valence electrons. The van der Waals surface area contributed by atoms with Crippen LogP contribution < -0.4 is 16.6 Å². The summed E-state index contributed by atoms with van der Waals surface area (Å²) in [5, 5.41) is 10.4. The summed E-state index contributed by atoms with van der Waals surface area (Å²) in [6, 6.07) is 16.4. The summed E-state index contributed by atoms with van der Waals surface area (Å²) in [6.07, 6.45) is 3.94. The summed E-state index contributed by atoms with van der Waals surface area (Å²) in [5.74, 6) is -0.652. The van der Waals surface area contributed by atoms with E-state index in [1.807, 2.05) is 6.07 Å². The lowest BCUT2D eigenvalue weighted by Crippen LogP contribution is -2.20. The molecule has 5 N–H and O–H groups in total. The Bertz CT molecular complexity index is 1150. The molecular formula is C22H18N4O3. The van der Waals surface area contributed by atoms with Crippen molar-refractivity contribution in [2.45, 2.75) is 0 Å². The van der Waals surface area contributed by atoms with Gasteiger partial charge < -0.3 is 21.4 Å². The standard InChI is InChI=1S/C22H18N4O3/c23-11-10-18(24)17-12-19(22(29)25-13-17)26-21(28)16-8-6-15(7-9-16)20(27)14-4-2-1-3-5-14/h1-13,24H,23H2,(H,25,29)(H,26,28)/b11-10-,24-18?. The molecule has 0 fully saturated rings. The van der Waals surface area contributed by atoms with Gasteiger partial charge >= 0.3 is 0 Å². The first-order valence-electron chi connectivity index (χ1n) is 8.70. The molecule has 0 atom stereocenters. The van der Waals surface area contributed by atoms with Gasteiger partial charge in [0.15, 0.2) is 5.78 Å². The van der Waals surface area contributed by atoms with E-state index in [2.05, 4.69) is 10.3 Å².